The van der Waals surface area contributed by atoms with Crippen LogP contribution in [0.25, 0.3) is 0 Å². The molecule has 0 saturated carbocycles. The second-order valence-electron chi connectivity index (χ2n) is 3.45. The highest BCUT2D eigenvalue weighted by atomic mass is 16.5. The maximum Gasteiger partial charge on any atom is 0.101 e. The highest BCUT2D eigenvalue weighted by Gasteiger charge is 2.14. The Hall–Kier alpha value is -1.34. The first-order valence-corrected chi connectivity index (χ1v) is 4.87. The van der Waals surface area contributed by atoms with Crippen molar-refractivity contribution in [1.29, 1.82) is 0 Å². The van der Waals surface area contributed by atoms with Crippen LogP contribution < -0.4 is 0 Å². The van der Waals surface area contributed by atoms with Gasteiger partial charge in [-0.2, -0.15) is 0 Å². The van der Waals surface area contributed by atoms with Gasteiger partial charge in [0.15, 0.2) is 0 Å². The number of hydrogen-bond donors (Lipinski definition) is 0. The van der Waals surface area contributed by atoms with E-state index in [4.69, 9.17) is 4.74 Å². The fraction of sp³-hybridized carbons (Fsp3) is 0.231. The van der Waals surface area contributed by atoms with Crippen LogP contribution in [0, 0.1) is 5.92 Å². The van der Waals surface area contributed by atoms with Crippen molar-refractivity contribution in [3.05, 3.63) is 60.7 Å². The largest absolute Gasteiger partial charge is 0.368 e. The standard InChI is InChI=1S/C13H14O/c1-2-11-8-9-13(14-10-11)12-6-4-3-5-7-12/h2-9,11,13H,1,10H2/t11-,13+/m1/s1. The molecule has 1 aliphatic rings. The first kappa shape index (κ1) is 9.22. The Labute approximate surface area is 84.7 Å². The van der Waals surface area contributed by atoms with Crippen LogP contribution >= 0.6 is 0 Å². The van der Waals surface area contributed by atoms with E-state index in [1.54, 1.807) is 0 Å². The summed E-state index contributed by atoms with van der Waals surface area (Å²) in [5.74, 6) is 0.370. The molecule has 1 aromatic rings. The van der Waals surface area contributed by atoms with E-state index in [2.05, 4.69) is 30.9 Å². The Balaban J connectivity index is 2.12. The molecule has 1 aromatic carbocycles. The summed E-state index contributed by atoms with van der Waals surface area (Å²) in [4.78, 5) is 0. The van der Waals surface area contributed by atoms with Gasteiger partial charge in [-0.1, -0.05) is 48.6 Å². The van der Waals surface area contributed by atoms with Gasteiger partial charge in [-0.3, -0.25) is 0 Å². The quantitative estimate of drug-likeness (QED) is 0.645. The highest BCUT2D eigenvalue weighted by molar-refractivity contribution is 5.23. The minimum Gasteiger partial charge on any atom is -0.368 e. The molecule has 1 nitrogen and oxygen atoms in total. The van der Waals surface area contributed by atoms with Gasteiger partial charge >= 0.3 is 0 Å². The molecule has 0 fully saturated rings. The van der Waals surface area contributed by atoms with Crippen molar-refractivity contribution in [2.24, 2.45) is 5.92 Å². The molecule has 72 valence electrons. The molecule has 1 heterocycles. The van der Waals surface area contributed by atoms with Crippen molar-refractivity contribution in [1.82, 2.24) is 0 Å². The minimum absolute atomic E-state index is 0.118. The van der Waals surface area contributed by atoms with Crippen molar-refractivity contribution in [3.63, 3.8) is 0 Å². The zero-order chi connectivity index (χ0) is 9.80. The van der Waals surface area contributed by atoms with Crippen LogP contribution in [0.1, 0.15) is 11.7 Å². The third-order valence-electron chi connectivity index (χ3n) is 2.43. The molecule has 0 saturated heterocycles. The van der Waals surface area contributed by atoms with Crippen LogP contribution in [0.2, 0.25) is 0 Å². The molecule has 0 aliphatic carbocycles. The Morgan fingerprint density at radius 1 is 1.21 bits per heavy atom. The van der Waals surface area contributed by atoms with E-state index in [9.17, 15) is 0 Å². The van der Waals surface area contributed by atoms with E-state index in [1.807, 2.05) is 24.3 Å². The molecule has 0 aromatic heterocycles. The number of rotatable bonds is 2. The van der Waals surface area contributed by atoms with Gasteiger partial charge in [-0.05, 0) is 5.56 Å². The van der Waals surface area contributed by atoms with Crippen LogP contribution in [-0.4, -0.2) is 6.61 Å². The minimum atomic E-state index is 0.118. The molecule has 0 unspecified atom stereocenters. The molecular formula is C13H14O. The molecule has 1 aliphatic heterocycles. The van der Waals surface area contributed by atoms with Gasteiger partial charge in [0.25, 0.3) is 0 Å². The summed E-state index contributed by atoms with van der Waals surface area (Å²) < 4.78 is 5.71. The molecule has 2 rings (SSSR count). The van der Waals surface area contributed by atoms with Crippen molar-refractivity contribution >= 4 is 0 Å². The lowest BCUT2D eigenvalue weighted by molar-refractivity contribution is 0.0649. The molecule has 14 heavy (non-hydrogen) atoms. The number of ether oxygens (including phenoxy) is 1. The monoisotopic (exact) mass is 186 g/mol. The van der Waals surface area contributed by atoms with Crippen molar-refractivity contribution in [2.75, 3.05) is 6.61 Å². The van der Waals surface area contributed by atoms with Crippen LogP contribution in [-0.2, 0) is 4.74 Å². The summed E-state index contributed by atoms with van der Waals surface area (Å²) in [6, 6.07) is 10.3. The van der Waals surface area contributed by atoms with Crippen molar-refractivity contribution in [2.45, 2.75) is 6.10 Å². The van der Waals surface area contributed by atoms with Gasteiger partial charge in [0.05, 0.1) is 6.61 Å². The van der Waals surface area contributed by atoms with Crippen LogP contribution in [0.5, 0.6) is 0 Å². The van der Waals surface area contributed by atoms with Gasteiger partial charge in [0.2, 0.25) is 0 Å². The summed E-state index contributed by atoms with van der Waals surface area (Å²) in [5, 5.41) is 0. The third-order valence-corrected chi connectivity index (χ3v) is 2.43. The van der Waals surface area contributed by atoms with E-state index in [0.29, 0.717) is 5.92 Å². The zero-order valence-electron chi connectivity index (χ0n) is 8.10. The number of benzene rings is 1. The Kier molecular flexibility index (Phi) is 2.80. The first-order chi connectivity index (χ1) is 6.90. The molecule has 0 radical (unpaired) electrons. The SMILES string of the molecule is C=C[C@@H]1C=C[C@@H](c2ccccc2)OC1. The Morgan fingerprint density at radius 2 is 2.00 bits per heavy atom. The predicted octanol–water partition coefficient (Wildman–Crippen LogP) is 3.12. The topological polar surface area (TPSA) is 9.23 Å². The molecule has 0 bridgehead atoms. The van der Waals surface area contributed by atoms with Crippen LogP contribution in [0.15, 0.2) is 55.1 Å². The smallest absolute Gasteiger partial charge is 0.101 e. The van der Waals surface area contributed by atoms with Gasteiger partial charge in [0, 0.05) is 5.92 Å². The normalized spacial score (nSPS) is 26.0. The summed E-state index contributed by atoms with van der Waals surface area (Å²) in [7, 11) is 0. The molecule has 0 N–H and O–H groups in total. The van der Waals surface area contributed by atoms with Gasteiger partial charge < -0.3 is 4.74 Å². The molecule has 1 heteroatoms. The third kappa shape index (κ3) is 1.94. The average molecular weight is 186 g/mol. The first-order valence-electron chi connectivity index (χ1n) is 4.87. The Morgan fingerprint density at radius 3 is 2.57 bits per heavy atom. The zero-order valence-corrected chi connectivity index (χ0v) is 8.10. The Bertz CT molecular complexity index is 326. The van der Waals surface area contributed by atoms with E-state index in [1.165, 1.54) is 5.56 Å². The van der Waals surface area contributed by atoms with Gasteiger partial charge in [-0.25, -0.2) is 0 Å². The predicted molar refractivity (Wildman–Crippen MR) is 58.0 cm³/mol. The van der Waals surface area contributed by atoms with Crippen molar-refractivity contribution < 1.29 is 4.74 Å². The fourth-order valence-corrected chi connectivity index (χ4v) is 1.57. The molecule has 0 spiro atoms. The summed E-state index contributed by atoms with van der Waals surface area (Å²) in [5.41, 5.74) is 1.21. The molecule has 2 atom stereocenters. The fourth-order valence-electron chi connectivity index (χ4n) is 1.57. The lowest BCUT2D eigenvalue weighted by Crippen LogP contribution is -2.13. The van der Waals surface area contributed by atoms with Crippen LogP contribution in [0.4, 0.5) is 0 Å². The maximum atomic E-state index is 5.71. The second kappa shape index (κ2) is 4.25. The van der Waals surface area contributed by atoms with Crippen molar-refractivity contribution in [3.8, 4) is 0 Å². The summed E-state index contributed by atoms with van der Waals surface area (Å²) in [6.45, 7) is 4.49. The average Bonchev–Trinajstić information content (AvgIpc) is 2.30. The van der Waals surface area contributed by atoms with E-state index in [-0.39, 0.29) is 6.10 Å². The maximum absolute atomic E-state index is 5.71. The highest BCUT2D eigenvalue weighted by Crippen LogP contribution is 2.24. The second-order valence-corrected chi connectivity index (χ2v) is 3.45. The van der Waals surface area contributed by atoms with Gasteiger partial charge in [-0.15, -0.1) is 6.58 Å². The molecule has 0 amide bonds. The lowest BCUT2D eigenvalue weighted by atomic mass is 10.0. The van der Waals surface area contributed by atoms with E-state index in [0.717, 1.165) is 6.61 Å². The van der Waals surface area contributed by atoms with Gasteiger partial charge in [0.1, 0.15) is 6.10 Å². The van der Waals surface area contributed by atoms with E-state index < -0.39 is 0 Å². The number of hydrogen-bond acceptors (Lipinski definition) is 1. The summed E-state index contributed by atoms with van der Waals surface area (Å²) >= 11 is 0. The summed E-state index contributed by atoms with van der Waals surface area (Å²) in [6.07, 6.45) is 6.30. The van der Waals surface area contributed by atoms with Crippen LogP contribution in [0.3, 0.4) is 0 Å². The molecular weight excluding hydrogens is 172 g/mol. The lowest BCUT2D eigenvalue weighted by Gasteiger charge is -2.21. The van der Waals surface area contributed by atoms with E-state index >= 15 is 0 Å².